The second-order valence-corrected chi connectivity index (χ2v) is 7.76. The fourth-order valence-corrected chi connectivity index (χ4v) is 3.91. The minimum Gasteiger partial charge on any atom is -0.497 e. The molecule has 1 amide bonds. The molecule has 168 valence electrons. The van der Waals surface area contributed by atoms with Crippen LogP contribution >= 0.6 is 0 Å². The summed E-state index contributed by atoms with van der Waals surface area (Å²) in [5.74, 6) is 0.281. The zero-order valence-corrected chi connectivity index (χ0v) is 17.6. The first-order chi connectivity index (χ1) is 15.3. The number of aromatic nitrogens is 2. The van der Waals surface area contributed by atoms with Crippen molar-refractivity contribution in [2.45, 2.75) is 31.2 Å². The molecular weight excluding hydrogens is 421 g/mol. The van der Waals surface area contributed by atoms with E-state index in [1.54, 1.807) is 31.3 Å². The van der Waals surface area contributed by atoms with E-state index < -0.39 is 24.2 Å². The summed E-state index contributed by atoms with van der Waals surface area (Å²) in [6.45, 7) is 0.328. The van der Waals surface area contributed by atoms with E-state index in [2.05, 4.69) is 10.4 Å². The van der Waals surface area contributed by atoms with Crippen LogP contribution in [0.4, 0.5) is 19.0 Å². The minimum absolute atomic E-state index is 0.0734. The van der Waals surface area contributed by atoms with Crippen molar-refractivity contribution in [1.29, 1.82) is 0 Å². The second-order valence-electron chi connectivity index (χ2n) is 7.76. The van der Waals surface area contributed by atoms with Crippen molar-refractivity contribution in [1.82, 2.24) is 14.7 Å². The van der Waals surface area contributed by atoms with Crippen molar-refractivity contribution in [3.8, 4) is 5.75 Å². The van der Waals surface area contributed by atoms with Crippen LogP contribution in [0, 0.1) is 0 Å². The molecule has 6 nitrogen and oxygen atoms in total. The molecule has 1 N–H and O–H groups in total. The SMILES string of the molecule is COc1ccc([C@H]2C[C@@H](C(F)(F)F)n3ncc(C(=O)N(C)Cc4ccccc4)c3N2)cc1. The number of rotatable bonds is 5. The topological polar surface area (TPSA) is 59.4 Å². The second kappa shape index (κ2) is 8.57. The molecule has 1 aliphatic heterocycles. The minimum atomic E-state index is -4.51. The number of fused-ring (bicyclic) bond motifs is 1. The Balaban J connectivity index is 1.65. The lowest BCUT2D eigenvalue weighted by Gasteiger charge is -2.34. The van der Waals surface area contributed by atoms with Gasteiger partial charge in [-0.25, -0.2) is 4.68 Å². The van der Waals surface area contributed by atoms with Crippen LogP contribution < -0.4 is 10.1 Å². The fraction of sp³-hybridized carbons (Fsp3) is 0.304. The van der Waals surface area contributed by atoms with Crippen LogP contribution in [0.3, 0.4) is 0 Å². The Morgan fingerprint density at radius 3 is 2.50 bits per heavy atom. The quantitative estimate of drug-likeness (QED) is 0.613. The summed E-state index contributed by atoms with van der Waals surface area (Å²) in [6.07, 6.45) is -3.54. The Kier molecular flexibility index (Phi) is 5.82. The smallest absolute Gasteiger partial charge is 0.410 e. The number of hydrogen-bond acceptors (Lipinski definition) is 4. The normalized spacial score (nSPS) is 17.9. The Hall–Kier alpha value is -3.49. The standard InChI is InChI=1S/C23H23F3N4O2/c1-29(14-15-6-4-3-5-7-15)22(31)18-13-27-30-20(23(24,25)26)12-19(28-21(18)30)16-8-10-17(32-2)11-9-16/h3-11,13,19-20,28H,12,14H2,1-2H3/t19-,20+/m1/s1. The number of carbonyl (C=O) groups excluding carboxylic acids is 1. The molecule has 4 rings (SSSR count). The lowest BCUT2D eigenvalue weighted by atomic mass is 9.96. The first kappa shape index (κ1) is 21.7. The number of anilines is 1. The summed E-state index contributed by atoms with van der Waals surface area (Å²) in [5.41, 5.74) is 1.70. The monoisotopic (exact) mass is 444 g/mol. The number of benzene rings is 2. The number of ether oxygens (including phenoxy) is 1. The highest BCUT2D eigenvalue weighted by atomic mass is 19.4. The third-order valence-corrected chi connectivity index (χ3v) is 5.60. The van der Waals surface area contributed by atoms with Gasteiger partial charge < -0.3 is 15.0 Å². The van der Waals surface area contributed by atoms with Crippen molar-refractivity contribution in [3.63, 3.8) is 0 Å². The molecule has 2 aromatic carbocycles. The average Bonchev–Trinajstić information content (AvgIpc) is 3.21. The first-order valence-electron chi connectivity index (χ1n) is 10.1. The summed E-state index contributed by atoms with van der Waals surface area (Å²) in [7, 11) is 3.14. The van der Waals surface area contributed by atoms with Crippen molar-refractivity contribution in [3.05, 3.63) is 77.5 Å². The molecule has 1 aromatic heterocycles. The van der Waals surface area contributed by atoms with Crippen LogP contribution in [0.5, 0.6) is 5.75 Å². The average molecular weight is 444 g/mol. The van der Waals surface area contributed by atoms with Gasteiger partial charge in [-0.15, -0.1) is 0 Å². The molecule has 2 heterocycles. The van der Waals surface area contributed by atoms with Crippen molar-refractivity contribution >= 4 is 11.7 Å². The predicted octanol–water partition coefficient (Wildman–Crippen LogP) is 4.82. The zero-order chi connectivity index (χ0) is 22.9. The maximum Gasteiger partial charge on any atom is 0.410 e. The van der Waals surface area contributed by atoms with Gasteiger partial charge in [-0.1, -0.05) is 42.5 Å². The molecule has 0 saturated heterocycles. The number of nitrogens with one attached hydrogen (secondary N) is 1. The number of methoxy groups -OCH3 is 1. The number of halogens is 3. The van der Waals surface area contributed by atoms with E-state index >= 15 is 0 Å². The lowest BCUT2D eigenvalue weighted by Crippen LogP contribution is -2.36. The largest absolute Gasteiger partial charge is 0.497 e. The van der Waals surface area contributed by atoms with Crippen molar-refractivity contribution in [2.75, 3.05) is 19.5 Å². The first-order valence-corrected chi connectivity index (χ1v) is 10.1. The van der Waals surface area contributed by atoms with Gasteiger partial charge in [-0.05, 0) is 23.3 Å². The van der Waals surface area contributed by atoms with E-state index in [4.69, 9.17) is 4.74 Å². The van der Waals surface area contributed by atoms with Crippen LogP contribution in [-0.4, -0.2) is 40.9 Å². The van der Waals surface area contributed by atoms with Gasteiger partial charge in [-0.3, -0.25) is 4.79 Å². The van der Waals surface area contributed by atoms with Gasteiger partial charge in [-0.2, -0.15) is 18.3 Å². The van der Waals surface area contributed by atoms with E-state index in [0.29, 0.717) is 17.9 Å². The highest BCUT2D eigenvalue weighted by Gasteiger charge is 2.47. The summed E-state index contributed by atoms with van der Waals surface area (Å²) in [4.78, 5) is 14.6. The van der Waals surface area contributed by atoms with Gasteiger partial charge in [0, 0.05) is 20.0 Å². The number of alkyl halides is 3. The van der Waals surface area contributed by atoms with E-state index in [1.165, 1.54) is 18.2 Å². The molecule has 2 atom stereocenters. The van der Waals surface area contributed by atoms with Crippen molar-refractivity contribution in [2.24, 2.45) is 0 Å². The van der Waals surface area contributed by atoms with Gasteiger partial charge in [0.25, 0.3) is 5.91 Å². The number of carbonyl (C=O) groups is 1. The lowest BCUT2D eigenvalue weighted by molar-refractivity contribution is -0.173. The molecule has 0 unspecified atom stereocenters. The van der Waals surface area contributed by atoms with Crippen LogP contribution in [0.15, 0.2) is 60.8 Å². The van der Waals surface area contributed by atoms with E-state index in [9.17, 15) is 18.0 Å². The van der Waals surface area contributed by atoms with Crippen molar-refractivity contribution < 1.29 is 22.7 Å². The van der Waals surface area contributed by atoms with E-state index in [-0.39, 0.29) is 17.8 Å². The summed E-state index contributed by atoms with van der Waals surface area (Å²) in [6, 6.07) is 13.7. The Morgan fingerprint density at radius 1 is 1.19 bits per heavy atom. The molecule has 3 aromatic rings. The number of nitrogens with zero attached hydrogens (tertiary/aromatic N) is 3. The summed E-state index contributed by atoms with van der Waals surface area (Å²) < 4.78 is 47.7. The highest BCUT2D eigenvalue weighted by molar-refractivity contribution is 5.98. The molecule has 9 heteroatoms. The summed E-state index contributed by atoms with van der Waals surface area (Å²) in [5, 5.41) is 7.05. The fourth-order valence-electron chi connectivity index (χ4n) is 3.91. The Labute approximate surface area is 183 Å². The van der Waals surface area contributed by atoms with E-state index in [1.807, 2.05) is 30.3 Å². The third kappa shape index (κ3) is 4.28. The van der Waals surface area contributed by atoms with Crippen LogP contribution in [0.1, 0.15) is 40.0 Å². The van der Waals surface area contributed by atoms with Gasteiger partial charge >= 0.3 is 6.18 Å². The molecule has 0 radical (unpaired) electrons. The molecule has 0 fully saturated rings. The van der Waals surface area contributed by atoms with Gasteiger partial charge in [0.15, 0.2) is 6.04 Å². The highest BCUT2D eigenvalue weighted by Crippen LogP contribution is 2.44. The molecule has 32 heavy (non-hydrogen) atoms. The van der Waals surface area contributed by atoms with Gasteiger partial charge in [0.2, 0.25) is 0 Å². The maximum atomic E-state index is 13.9. The van der Waals surface area contributed by atoms with Crippen LogP contribution in [0.25, 0.3) is 0 Å². The number of amides is 1. The Morgan fingerprint density at radius 2 is 1.88 bits per heavy atom. The Bertz CT molecular complexity index is 1080. The van der Waals surface area contributed by atoms with Gasteiger partial charge in [0.1, 0.15) is 17.1 Å². The molecule has 0 saturated carbocycles. The van der Waals surface area contributed by atoms with Gasteiger partial charge in [0.05, 0.1) is 19.3 Å². The molecular formula is C23H23F3N4O2. The predicted molar refractivity (Wildman–Crippen MR) is 114 cm³/mol. The maximum absolute atomic E-state index is 13.9. The zero-order valence-electron chi connectivity index (χ0n) is 17.6. The van der Waals surface area contributed by atoms with Crippen LogP contribution in [0.2, 0.25) is 0 Å². The van der Waals surface area contributed by atoms with E-state index in [0.717, 1.165) is 10.2 Å². The van der Waals surface area contributed by atoms with Crippen LogP contribution in [-0.2, 0) is 6.54 Å². The third-order valence-electron chi connectivity index (χ3n) is 5.60. The molecule has 0 spiro atoms. The molecule has 0 aliphatic carbocycles. The summed E-state index contributed by atoms with van der Waals surface area (Å²) >= 11 is 0. The molecule has 1 aliphatic rings. The molecule has 0 bridgehead atoms. The number of hydrogen-bond donors (Lipinski definition) is 1.